The maximum Gasteiger partial charge on any atom is 0.307 e. The minimum absolute atomic E-state index is 0.132. The molecule has 3 aromatic carbocycles. The quantitative estimate of drug-likeness (QED) is 0.544. The van der Waals surface area contributed by atoms with Gasteiger partial charge in [-0.05, 0) is 46.5 Å². The zero-order valence-electron chi connectivity index (χ0n) is 18.4. The third kappa shape index (κ3) is 4.23. The molecule has 0 atom stereocenters. The van der Waals surface area contributed by atoms with Gasteiger partial charge in [0.25, 0.3) is 5.91 Å². The first-order valence-corrected chi connectivity index (χ1v) is 11.9. The Balaban J connectivity index is 1.29. The second kappa shape index (κ2) is 8.47. The van der Waals surface area contributed by atoms with Gasteiger partial charge in [-0.1, -0.05) is 54.4 Å². The van der Waals surface area contributed by atoms with Crippen molar-refractivity contribution in [1.29, 1.82) is 0 Å². The van der Waals surface area contributed by atoms with E-state index in [0.717, 1.165) is 18.8 Å². The van der Waals surface area contributed by atoms with Gasteiger partial charge in [-0.25, -0.2) is 8.70 Å². The Morgan fingerprint density at radius 1 is 1.06 bits per heavy atom. The minimum Gasteiger partial charge on any atom is -0.481 e. The van der Waals surface area contributed by atoms with Crippen molar-refractivity contribution in [2.24, 2.45) is 5.41 Å². The number of rotatable bonds is 6. The molecular formula is C26H25FN2O3S. The average Bonchev–Trinajstić information content (AvgIpc) is 2.72. The highest BCUT2D eigenvalue weighted by molar-refractivity contribution is 7.96. The van der Waals surface area contributed by atoms with Crippen LogP contribution in [0.4, 0.5) is 4.39 Å². The van der Waals surface area contributed by atoms with Crippen LogP contribution in [0.5, 0.6) is 0 Å². The molecule has 0 bridgehead atoms. The number of hydrogen-bond donors (Lipinski definition) is 1. The van der Waals surface area contributed by atoms with E-state index >= 15 is 0 Å². The molecule has 5 nitrogen and oxygen atoms in total. The first-order chi connectivity index (χ1) is 15.8. The van der Waals surface area contributed by atoms with Gasteiger partial charge >= 0.3 is 5.97 Å². The number of carbonyl (C=O) groups excluding carboxylic acids is 1. The van der Waals surface area contributed by atoms with Crippen LogP contribution in [0.2, 0.25) is 0 Å². The maximum atomic E-state index is 14.0. The number of halogens is 1. The summed E-state index contributed by atoms with van der Waals surface area (Å²) in [7, 11) is 0. The van der Waals surface area contributed by atoms with Crippen molar-refractivity contribution < 1.29 is 19.1 Å². The van der Waals surface area contributed by atoms with Crippen molar-refractivity contribution in [3.8, 4) is 0 Å². The summed E-state index contributed by atoms with van der Waals surface area (Å²) in [6.07, 6.45) is -0.170. The van der Waals surface area contributed by atoms with E-state index in [9.17, 15) is 19.1 Å². The molecule has 2 aliphatic rings. The number of amides is 1. The Morgan fingerprint density at radius 3 is 2.48 bits per heavy atom. The van der Waals surface area contributed by atoms with Crippen LogP contribution in [0, 0.1) is 18.2 Å². The molecule has 0 unspecified atom stereocenters. The number of carboxylic acids is 1. The lowest BCUT2D eigenvalue weighted by atomic mass is 9.74. The van der Waals surface area contributed by atoms with Crippen molar-refractivity contribution in [2.75, 3.05) is 26.2 Å². The Hall–Kier alpha value is -2.90. The first kappa shape index (κ1) is 21.9. The molecule has 0 aromatic heterocycles. The molecule has 7 heteroatoms. The molecule has 2 aliphatic heterocycles. The van der Waals surface area contributed by atoms with Gasteiger partial charge in [-0.3, -0.25) is 9.59 Å². The average molecular weight is 465 g/mol. The van der Waals surface area contributed by atoms with E-state index in [2.05, 4.69) is 16.4 Å². The predicted octanol–water partition coefficient (Wildman–Crippen LogP) is 4.52. The topological polar surface area (TPSA) is 60.9 Å². The lowest BCUT2D eigenvalue weighted by molar-refractivity contribution is -0.136. The molecule has 1 spiro atoms. The van der Waals surface area contributed by atoms with Gasteiger partial charge in [0, 0.05) is 37.3 Å². The number of nitrogens with zero attached hydrogens (tertiary/aromatic N) is 2. The van der Waals surface area contributed by atoms with E-state index in [1.54, 1.807) is 19.1 Å². The van der Waals surface area contributed by atoms with Gasteiger partial charge in [-0.15, -0.1) is 0 Å². The summed E-state index contributed by atoms with van der Waals surface area (Å²) >= 11 is 1.82. The van der Waals surface area contributed by atoms with Crippen LogP contribution in [-0.4, -0.2) is 52.4 Å². The monoisotopic (exact) mass is 464 g/mol. The van der Waals surface area contributed by atoms with Gasteiger partial charge in [-0.2, -0.15) is 0 Å². The van der Waals surface area contributed by atoms with Crippen molar-refractivity contribution in [3.63, 3.8) is 0 Å². The van der Waals surface area contributed by atoms with Crippen LogP contribution in [0.25, 0.3) is 10.8 Å². The molecule has 2 fully saturated rings. The molecule has 1 N–H and O–H groups in total. The third-order valence-electron chi connectivity index (χ3n) is 6.65. The highest BCUT2D eigenvalue weighted by Gasteiger charge is 2.53. The van der Waals surface area contributed by atoms with Crippen LogP contribution in [-0.2, 0) is 17.0 Å². The molecule has 1 amide bonds. The molecule has 5 rings (SSSR count). The lowest BCUT2D eigenvalue weighted by Gasteiger charge is -2.59. The normalized spacial score (nSPS) is 17.1. The summed E-state index contributed by atoms with van der Waals surface area (Å²) in [5, 5.41) is 10.5. The summed E-state index contributed by atoms with van der Waals surface area (Å²) in [6, 6.07) is 16.4. The van der Waals surface area contributed by atoms with Gasteiger partial charge in [0.15, 0.2) is 0 Å². The van der Waals surface area contributed by atoms with E-state index in [-0.39, 0.29) is 17.7 Å². The fraction of sp³-hybridized carbons (Fsp3) is 0.308. The second-order valence-electron chi connectivity index (χ2n) is 9.19. The van der Waals surface area contributed by atoms with Crippen LogP contribution < -0.4 is 0 Å². The van der Waals surface area contributed by atoms with E-state index in [4.69, 9.17) is 0 Å². The van der Waals surface area contributed by atoms with Crippen molar-refractivity contribution in [3.05, 3.63) is 82.7 Å². The molecule has 170 valence electrons. The molecule has 2 saturated heterocycles. The minimum atomic E-state index is -0.955. The molecule has 0 saturated carbocycles. The van der Waals surface area contributed by atoms with Crippen molar-refractivity contribution in [2.45, 2.75) is 19.1 Å². The highest BCUT2D eigenvalue weighted by atomic mass is 32.2. The SMILES string of the molecule is Cc1c(CC(=O)O)cc2ccc(F)cc2c1C(=O)N1CC2(CN(SCc3ccccc3)C2)C1. The molecule has 33 heavy (non-hydrogen) atoms. The lowest BCUT2D eigenvalue weighted by Crippen LogP contribution is -2.71. The zero-order valence-corrected chi connectivity index (χ0v) is 19.2. The van der Waals surface area contributed by atoms with Crippen molar-refractivity contribution in [1.82, 2.24) is 9.21 Å². The fourth-order valence-corrected chi connectivity index (χ4v) is 6.20. The van der Waals surface area contributed by atoms with E-state index < -0.39 is 11.8 Å². The molecule has 3 aromatic rings. The second-order valence-corrected chi connectivity index (χ2v) is 10.3. The first-order valence-electron chi connectivity index (χ1n) is 11.0. The van der Waals surface area contributed by atoms with E-state index in [0.29, 0.717) is 40.6 Å². The summed E-state index contributed by atoms with van der Waals surface area (Å²) in [5.41, 5.74) is 3.06. The van der Waals surface area contributed by atoms with Crippen LogP contribution in [0.1, 0.15) is 27.0 Å². The van der Waals surface area contributed by atoms with Crippen LogP contribution in [0.15, 0.2) is 54.6 Å². The standard InChI is InChI=1S/C26H25FN2O3S/c1-17-20(10-23(30)31)9-19-7-8-21(27)11-22(19)24(17)25(32)28-13-26(14-28)15-29(16-26)33-12-18-5-3-2-4-6-18/h2-9,11H,10,12-16H2,1H3,(H,30,31). The molecular weight excluding hydrogens is 439 g/mol. The maximum absolute atomic E-state index is 14.0. The largest absolute Gasteiger partial charge is 0.481 e. The van der Waals surface area contributed by atoms with Crippen LogP contribution in [0.3, 0.4) is 0 Å². The Kier molecular flexibility index (Phi) is 5.62. The third-order valence-corrected chi connectivity index (χ3v) is 7.73. The zero-order chi connectivity index (χ0) is 23.2. The fourth-order valence-electron chi connectivity index (χ4n) is 4.95. The Bertz CT molecular complexity index is 1230. The van der Waals surface area contributed by atoms with E-state index in [1.165, 1.54) is 17.7 Å². The van der Waals surface area contributed by atoms with Gasteiger partial charge < -0.3 is 10.0 Å². The predicted molar refractivity (Wildman–Crippen MR) is 128 cm³/mol. The summed E-state index contributed by atoms with van der Waals surface area (Å²) in [6.45, 7) is 5.00. The summed E-state index contributed by atoms with van der Waals surface area (Å²) in [5.74, 6) is -0.570. The van der Waals surface area contributed by atoms with Crippen LogP contribution >= 0.6 is 11.9 Å². The van der Waals surface area contributed by atoms with Gasteiger partial charge in [0.2, 0.25) is 0 Å². The van der Waals surface area contributed by atoms with E-state index in [1.807, 2.05) is 35.0 Å². The Labute approximate surface area is 196 Å². The Morgan fingerprint density at radius 2 is 1.79 bits per heavy atom. The number of hydrogen-bond acceptors (Lipinski definition) is 4. The number of fused-ring (bicyclic) bond motifs is 1. The van der Waals surface area contributed by atoms with Gasteiger partial charge in [0.1, 0.15) is 5.82 Å². The highest BCUT2D eigenvalue weighted by Crippen LogP contribution is 2.44. The number of carboxylic acid groups (broad SMARTS) is 1. The van der Waals surface area contributed by atoms with Gasteiger partial charge in [0.05, 0.1) is 12.0 Å². The number of carbonyl (C=O) groups is 2. The molecule has 0 aliphatic carbocycles. The van der Waals surface area contributed by atoms with Crippen molar-refractivity contribution >= 4 is 34.6 Å². The smallest absolute Gasteiger partial charge is 0.307 e. The molecule has 0 radical (unpaired) electrons. The number of likely N-dealkylation sites (tertiary alicyclic amines) is 1. The molecule has 2 heterocycles. The summed E-state index contributed by atoms with van der Waals surface area (Å²) in [4.78, 5) is 26.6. The number of benzene rings is 3. The number of aliphatic carboxylic acids is 1. The summed E-state index contributed by atoms with van der Waals surface area (Å²) < 4.78 is 16.4.